The molecule has 1 aromatic carbocycles. The first-order valence-electron chi connectivity index (χ1n) is 10.6. The highest BCUT2D eigenvalue weighted by atomic mass is 31.2. The zero-order valence-electron chi connectivity index (χ0n) is 18.6. The lowest BCUT2D eigenvalue weighted by atomic mass is 9.92. The maximum absolute atomic E-state index is 12.7. The van der Waals surface area contributed by atoms with Crippen LogP contribution in [0.5, 0.6) is 0 Å². The summed E-state index contributed by atoms with van der Waals surface area (Å²) < 4.78 is 14.8. The van der Waals surface area contributed by atoms with Gasteiger partial charge in [0.15, 0.2) is 11.9 Å². The number of nitrogens with zero attached hydrogens (tertiary/aromatic N) is 2. The third-order valence-electron chi connectivity index (χ3n) is 6.12. The lowest BCUT2D eigenvalue weighted by Gasteiger charge is -2.31. The van der Waals surface area contributed by atoms with Crippen LogP contribution in [0.4, 0.5) is 0 Å². The number of benzene rings is 1. The summed E-state index contributed by atoms with van der Waals surface area (Å²) in [6.07, 6.45) is 13.1. The zero-order chi connectivity index (χ0) is 22.9. The van der Waals surface area contributed by atoms with Crippen LogP contribution in [0, 0.1) is 20.8 Å². The molecule has 1 atom stereocenters. The Bertz CT molecular complexity index is 1240. The summed E-state index contributed by atoms with van der Waals surface area (Å²) in [6, 6.07) is 12.2. The van der Waals surface area contributed by atoms with Crippen molar-refractivity contribution in [2.75, 3.05) is 0 Å². The summed E-state index contributed by atoms with van der Waals surface area (Å²) in [6.45, 7) is 6.22. The van der Waals surface area contributed by atoms with E-state index in [9.17, 15) is 14.4 Å². The fourth-order valence-electron chi connectivity index (χ4n) is 4.60. The zero-order valence-corrected chi connectivity index (χ0v) is 19.5. The second-order valence-electron chi connectivity index (χ2n) is 8.58. The summed E-state index contributed by atoms with van der Waals surface area (Å²) in [4.78, 5) is 24.8. The van der Waals surface area contributed by atoms with Gasteiger partial charge in [-0.3, -0.25) is 9.55 Å². The first-order chi connectivity index (χ1) is 15.2. The standard InChI is InChI=1S/C26H27N2O3P/c1-19-15-20(2)25(21(3)16-19)28-14-9-23(22-7-12-27-13-8-22)17-24(28)18-26(32(29,30)31)10-5-4-6-11-26/h4-10,12-17H,11,18H2,1-3H3,(H-,29,30,31)/p+1. The van der Waals surface area contributed by atoms with E-state index in [1.165, 1.54) is 5.56 Å². The average Bonchev–Trinajstić information content (AvgIpc) is 2.74. The van der Waals surface area contributed by atoms with E-state index in [0.717, 1.165) is 33.6 Å². The number of hydrogen-bond acceptors (Lipinski definition) is 2. The maximum Gasteiger partial charge on any atom is 0.336 e. The summed E-state index contributed by atoms with van der Waals surface area (Å²) in [5.41, 5.74) is 7.31. The Labute approximate surface area is 189 Å². The lowest BCUT2D eigenvalue weighted by molar-refractivity contribution is -0.605. The molecule has 0 radical (unpaired) electrons. The second kappa shape index (κ2) is 8.59. The highest BCUT2D eigenvalue weighted by Gasteiger charge is 2.46. The van der Waals surface area contributed by atoms with Crippen molar-refractivity contribution < 1.29 is 18.9 Å². The number of pyridine rings is 2. The number of aryl methyl sites for hydroxylation is 3. The third-order valence-corrected chi connectivity index (χ3v) is 7.77. The number of allylic oxidation sites excluding steroid dienone is 4. The Morgan fingerprint density at radius 3 is 2.28 bits per heavy atom. The summed E-state index contributed by atoms with van der Waals surface area (Å²) in [5, 5.41) is -1.27. The molecule has 1 unspecified atom stereocenters. The van der Waals surface area contributed by atoms with Crippen molar-refractivity contribution in [2.45, 2.75) is 38.8 Å². The lowest BCUT2D eigenvalue weighted by Crippen LogP contribution is -2.42. The number of aromatic nitrogens is 2. The van der Waals surface area contributed by atoms with Crippen LogP contribution < -0.4 is 4.57 Å². The van der Waals surface area contributed by atoms with Gasteiger partial charge in [-0.05, 0) is 62.6 Å². The van der Waals surface area contributed by atoms with Crippen molar-refractivity contribution in [3.05, 3.63) is 102 Å². The molecule has 3 aromatic rings. The molecular formula is C26H28N2O3P+. The fraction of sp³-hybridized carbons (Fsp3) is 0.231. The van der Waals surface area contributed by atoms with E-state index in [0.29, 0.717) is 6.42 Å². The van der Waals surface area contributed by atoms with E-state index in [4.69, 9.17) is 0 Å². The summed E-state index contributed by atoms with van der Waals surface area (Å²) >= 11 is 0. The van der Waals surface area contributed by atoms with Gasteiger partial charge in [-0.1, -0.05) is 29.9 Å². The fourth-order valence-corrected chi connectivity index (χ4v) is 5.59. The van der Waals surface area contributed by atoms with Crippen LogP contribution in [0.2, 0.25) is 0 Å². The van der Waals surface area contributed by atoms with Gasteiger partial charge in [0, 0.05) is 35.7 Å². The van der Waals surface area contributed by atoms with Crippen molar-refractivity contribution in [3.63, 3.8) is 0 Å². The van der Waals surface area contributed by atoms with Crippen LogP contribution in [-0.4, -0.2) is 19.9 Å². The van der Waals surface area contributed by atoms with Crippen molar-refractivity contribution in [1.82, 2.24) is 4.98 Å². The molecule has 0 spiro atoms. The molecule has 32 heavy (non-hydrogen) atoms. The first kappa shape index (κ1) is 22.3. The second-order valence-corrected chi connectivity index (χ2v) is 10.6. The molecule has 2 N–H and O–H groups in total. The molecule has 1 aliphatic carbocycles. The molecule has 0 saturated carbocycles. The molecule has 0 saturated heterocycles. The number of hydrogen-bond donors (Lipinski definition) is 2. The van der Waals surface area contributed by atoms with Crippen LogP contribution >= 0.6 is 7.60 Å². The SMILES string of the molecule is Cc1cc(C)c(-[n+]2ccc(-c3ccncc3)cc2CC2(P(=O)(O)O)C=CC=CC2)c(C)c1. The Kier molecular flexibility index (Phi) is 6.00. The average molecular weight is 447 g/mol. The van der Waals surface area contributed by atoms with Crippen molar-refractivity contribution in [3.8, 4) is 16.8 Å². The highest BCUT2D eigenvalue weighted by Crippen LogP contribution is 2.56. The monoisotopic (exact) mass is 447 g/mol. The van der Waals surface area contributed by atoms with Gasteiger partial charge in [-0.25, -0.2) is 0 Å². The quantitative estimate of drug-likeness (QED) is 0.430. The van der Waals surface area contributed by atoms with Gasteiger partial charge < -0.3 is 9.79 Å². The van der Waals surface area contributed by atoms with Crippen LogP contribution in [0.25, 0.3) is 16.8 Å². The minimum Gasteiger partial charge on any atom is -0.324 e. The normalized spacial score (nSPS) is 18.2. The maximum atomic E-state index is 12.7. The van der Waals surface area contributed by atoms with E-state index in [2.05, 4.69) is 42.5 Å². The molecule has 0 bridgehead atoms. The molecule has 5 nitrogen and oxygen atoms in total. The van der Waals surface area contributed by atoms with Crippen LogP contribution in [0.15, 0.2) is 79.3 Å². The highest BCUT2D eigenvalue weighted by molar-refractivity contribution is 7.53. The molecule has 4 rings (SSSR count). The molecule has 2 aromatic heterocycles. The van der Waals surface area contributed by atoms with Crippen molar-refractivity contribution >= 4 is 7.60 Å². The molecule has 164 valence electrons. The number of rotatable bonds is 5. The van der Waals surface area contributed by atoms with E-state index in [-0.39, 0.29) is 6.42 Å². The first-order valence-corrected chi connectivity index (χ1v) is 12.2. The smallest absolute Gasteiger partial charge is 0.324 e. The largest absolute Gasteiger partial charge is 0.336 e. The van der Waals surface area contributed by atoms with Gasteiger partial charge in [-0.2, -0.15) is 4.57 Å². The molecular weight excluding hydrogens is 419 g/mol. The van der Waals surface area contributed by atoms with E-state index in [1.54, 1.807) is 24.5 Å². The van der Waals surface area contributed by atoms with Gasteiger partial charge in [0.25, 0.3) is 0 Å². The minimum absolute atomic E-state index is 0.212. The summed E-state index contributed by atoms with van der Waals surface area (Å²) in [7, 11) is -4.43. The molecule has 2 heterocycles. The Hall–Kier alpha value is -2.85. The predicted octanol–water partition coefficient (Wildman–Crippen LogP) is 4.93. The Balaban J connectivity index is 1.93. The van der Waals surface area contributed by atoms with Gasteiger partial charge in [-0.15, -0.1) is 0 Å². The third kappa shape index (κ3) is 4.24. The Morgan fingerprint density at radius 2 is 1.69 bits per heavy atom. The van der Waals surface area contributed by atoms with E-state index < -0.39 is 12.8 Å². The minimum atomic E-state index is -4.43. The summed E-state index contributed by atoms with van der Waals surface area (Å²) in [5.74, 6) is 0. The molecule has 0 aliphatic heterocycles. The van der Waals surface area contributed by atoms with E-state index in [1.807, 2.05) is 42.6 Å². The molecule has 1 aliphatic rings. The van der Waals surface area contributed by atoms with Crippen LogP contribution in [0.1, 0.15) is 28.8 Å². The van der Waals surface area contributed by atoms with Crippen molar-refractivity contribution in [2.24, 2.45) is 0 Å². The van der Waals surface area contributed by atoms with Crippen LogP contribution in [0.3, 0.4) is 0 Å². The predicted molar refractivity (Wildman–Crippen MR) is 127 cm³/mol. The van der Waals surface area contributed by atoms with Gasteiger partial charge >= 0.3 is 7.60 Å². The topological polar surface area (TPSA) is 74.3 Å². The van der Waals surface area contributed by atoms with Gasteiger partial charge in [0.05, 0.1) is 6.42 Å². The molecule has 6 heteroatoms. The van der Waals surface area contributed by atoms with Crippen LogP contribution in [-0.2, 0) is 11.0 Å². The van der Waals surface area contributed by atoms with Gasteiger partial charge in [0.1, 0.15) is 5.16 Å². The van der Waals surface area contributed by atoms with Crippen molar-refractivity contribution in [1.29, 1.82) is 0 Å². The van der Waals surface area contributed by atoms with Gasteiger partial charge in [0.2, 0.25) is 5.69 Å². The molecule has 0 amide bonds. The Morgan fingerprint density at radius 1 is 1.00 bits per heavy atom. The molecule has 0 fully saturated rings. The van der Waals surface area contributed by atoms with E-state index >= 15 is 0 Å².